The van der Waals surface area contributed by atoms with Crippen molar-refractivity contribution in [2.75, 3.05) is 11.9 Å². The summed E-state index contributed by atoms with van der Waals surface area (Å²) in [5.41, 5.74) is 5.44. The van der Waals surface area contributed by atoms with E-state index in [9.17, 15) is 0 Å². The van der Waals surface area contributed by atoms with Gasteiger partial charge in [-0.3, -0.25) is 4.98 Å². The summed E-state index contributed by atoms with van der Waals surface area (Å²) in [7, 11) is 0. The average Bonchev–Trinajstić information content (AvgIpc) is 2.76. The molecule has 4 nitrogen and oxygen atoms in total. The Balaban J connectivity index is 1.25. The molecular weight excluding hydrogens is 404 g/mol. The van der Waals surface area contributed by atoms with E-state index in [1.54, 1.807) is 0 Å². The lowest BCUT2D eigenvalue weighted by atomic mass is 10.1. The zero-order chi connectivity index (χ0) is 21.5. The number of anilines is 1. The number of unbranched alkanes of at least 4 members (excludes halogenated alkanes) is 2. The van der Waals surface area contributed by atoms with Gasteiger partial charge in [0.2, 0.25) is 0 Å². The summed E-state index contributed by atoms with van der Waals surface area (Å²) in [5.74, 6) is 0.955. The molecule has 4 aromatic rings. The van der Waals surface area contributed by atoms with Crippen LogP contribution in [0.1, 0.15) is 42.0 Å². The zero-order valence-electron chi connectivity index (χ0n) is 17.8. The topological polar surface area (TPSA) is 50.7 Å². The van der Waals surface area contributed by atoms with E-state index >= 15 is 0 Å². The highest BCUT2D eigenvalue weighted by atomic mass is 35.5. The summed E-state index contributed by atoms with van der Waals surface area (Å²) in [6.45, 7) is 2.98. The summed E-state index contributed by atoms with van der Waals surface area (Å²) in [4.78, 5) is 13.8. The van der Waals surface area contributed by atoms with Crippen LogP contribution in [-0.4, -0.2) is 21.5 Å². The Morgan fingerprint density at radius 1 is 0.903 bits per heavy atom. The van der Waals surface area contributed by atoms with Gasteiger partial charge in [0.25, 0.3) is 0 Å². The number of benzene rings is 2. The van der Waals surface area contributed by atoms with Gasteiger partial charge in [-0.05, 0) is 55.7 Å². The van der Waals surface area contributed by atoms with E-state index in [1.807, 2.05) is 36.5 Å². The van der Waals surface area contributed by atoms with Gasteiger partial charge in [0, 0.05) is 53.1 Å². The molecule has 0 aliphatic rings. The van der Waals surface area contributed by atoms with Crippen LogP contribution >= 0.6 is 11.6 Å². The third-order valence-electron chi connectivity index (χ3n) is 5.28. The molecule has 4 rings (SSSR count). The first-order valence-electron chi connectivity index (χ1n) is 10.8. The number of hydrogen-bond donors (Lipinski definition) is 1. The van der Waals surface area contributed by atoms with Crippen molar-refractivity contribution in [1.29, 1.82) is 0 Å². The lowest BCUT2D eigenvalue weighted by Gasteiger charge is -2.10. The van der Waals surface area contributed by atoms with Crippen LogP contribution in [0.15, 0.2) is 66.9 Å². The number of halogens is 1. The monoisotopic (exact) mass is 430 g/mol. The SMILES string of the molecule is Cc1cc(Cc2ccccc2)nc(CCCCCNc2ccnc3cc(Cl)ccc23)n1. The van der Waals surface area contributed by atoms with Crippen LogP contribution in [0.2, 0.25) is 5.02 Å². The Morgan fingerprint density at radius 2 is 1.77 bits per heavy atom. The van der Waals surface area contributed by atoms with Crippen LogP contribution in [0, 0.1) is 6.92 Å². The van der Waals surface area contributed by atoms with Gasteiger partial charge in [0.05, 0.1) is 5.52 Å². The molecule has 0 amide bonds. The van der Waals surface area contributed by atoms with Gasteiger partial charge in [-0.25, -0.2) is 9.97 Å². The molecule has 0 unspecified atom stereocenters. The Hall–Kier alpha value is -2.98. The van der Waals surface area contributed by atoms with Crippen molar-refractivity contribution in [2.45, 2.75) is 39.0 Å². The van der Waals surface area contributed by atoms with Crippen molar-refractivity contribution in [3.8, 4) is 0 Å². The van der Waals surface area contributed by atoms with E-state index in [2.05, 4.69) is 52.5 Å². The molecule has 2 aromatic heterocycles. The highest BCUT2D eigenvalue weighted by Gasteiger charge is 2.05. The standard InChI is InChI=1S/C26H27ClN4/c1-19-16-22(17-20-8-4-2-5-9-20)31-26(30-19)10-6-3-7-14-28-24-13-15-29-25-18-21(27)11-12-23(24)25/h2,4-5,8-9,11-13,15-16,18H,3,6-7,10,14,17H2,1H3,(H,28,29). The predicted molar refractivity (Wildman–Crippen MR) is 129 cm³/mol. The second kappa shape index (κ2) is 10.4. The number of aryl methyl sites for hydroxylation is 2. The minimum atomic E-state index is 0.711. The van der Waals surface area contributed by atoms with Crippen LogP contribution in [0.3, 0.4) is 0 Å². The molecule has 0 radical (unpaired) electrons. The molecule has 0 fully saturated rings. The first-order chi connectivity index (χ1) is 15.2. The largest absolute Gasteiger partial charge is 0.384 e. The van der Waals surface area contributed by atoms with E-state index < -0.39 is 0 Å². The molecule has 0 aliphatic heterocycles. The molecule has 5 heteroatoms. The van der Waals surface area contributed by atoms with Crippen LogP contribution in [0.4, 0.5) is 5.69 Å². The maximum Gasteiger partial charge on any atom is 0.128 e. The molecule has 0 atom stereocenters. The second-order valence-electron chi connectivity index (χ2n) is 7.84. The van der Waals surface area contributed by atoms with Crippen molar-refractivity contribution in [3.05, 3.63) is 94.7 Å². The predicted octanol–water partition coefficient (Wildman–Crippen LogP) is 6.40. The average molecular weight is 431 g/mol. The van der Waals surface area contributed by atoms with Crippen molar-refractivity contribution in [3.63, 3.8) is 0 Å². The Bertz CT molecular complexity index is 1140. The lowest BCUT2D eigenvalue weighted by molar-refractivity contribution is 0.674. The normalized spacial score (nSPS) is 11.0. The first kappa shape index (κ1) is 21.3. The lowest BCUT2D eigenvalue weighted by Crippen LogP contribution is -2.04. The molecule has 0 bridgehead atoms. The minimum Gasteiger partial charge on any atom is -0.384 e. The third-order valence-corrected chi connectivity index (χ3v) is 5.51. The van der Waals surface area contributed by atoms with Gasteiger partial charge in [0.1, 0.15) is 5.82 Å². The van der Waals surface area contributed by atoms with Crippen LogP contribution < -0.4 is 5.32 Å². The molecule has 0 spiro atoms. The van der Waals surface area contributed by atoms with Crippen molar-refractivity contribution in [2.24, 2.45) is 0 Å². The molecule has 158 valence electrons. The minimum absolute atomic E-state index is 0.711. The summed E-state index contributed by atoms with van der Waals surface area (Å²) in [6, 6.07) is 20.4. The number of nitrogens with one attached hydrogen (secondary N) is 1. The van der Waals surface area contributed by atoms with E-state index in [1.165, 1.54) is 5.56 Å². The molecule has 2 heterocycles. The third kappa shape index (κ3) is 6.02. The molecule has 31 heavy (non-hydrogen) atoms. The van der Waals surface area contributed by atoms with Crippen LogP contribution in [0.25, 0.3) is 10.9 Å². The summed E-state index contributed by atoms with van der Waals surface area (Å²) < 4.78 is 0. The number of hydrogen-bond acceptors (Lipinski definition) is 4. The first-order valence-corrected chi connectivity index (χ1v) is 11.2. The smallest absolute Gasteiger partial charge is 0.128 e. The molecular formula is C26H27ClN4. The summed E-state index contributed by atoms with van der Waals surface area (Å²) in [6.07, 6.45) is 6.91. The van der Waals surface area contributed by atoms with Crippen molar-refractivity contribution < 1.29 is 0 Å². The Labute approximate surface area is 188 Å². The van der Waals surface area contributed by atoms with Gasteiger partial charge >= 0.3 is 0 Å². The second-order valence-corrected chi connectivity index (χ2v) is 8.27. The number of rotatable bonds is 9. The molecule has 2 aromatic carbocycles. The maximum atomic E-state index is 6.07. The van der Waals surface area contributed by atoms with Crippen molar-refractivity contribution in [1.82, 2.24) is 15.0 Å². The fraction of sp³-hybridized carbons (Fsp3) is 0.269. The molecule has 0 saturated carbocycles. The van der Waals surface area contributed by atoms with Gasteiger partial charge < -0.3 is 5.32 Å². The highest BCUT2D eigenvalue weighted by Crippen LogP contribution is 2.24. The molecule has 0 saturated heterocycles. The maximum absolute atomic E-state index is 6.07. The number of aromatic nitrogens is 3. The van der Waals surface area contributed by atoms with E-state index in [0.29, 0.717) is 5.02 Å². The van der Waals surface area contributed by atoms with Crippen molar-refractivity contribution >= 4 is 28.2 Å². The van der Waals surface area contributed by atoms with Gasteiger partial charge in [-0.1, -0.05) is 48.4 Å². The van der Waals surface area contributed by atoms with Crippen LogP contribution in [-0.2, 0) is 12.8 Å². The molecule has 0 aliphatic carbocycles. The number of pyridine rings is 1. The van der Waals surface area contributed by atoms with Gasteiger partial charge in [0.15, 0.2) is 0 Å². The molecule has 1 N–H and O–H groups in total. The van der Waals surface area contributed by atoms with E-state index in [0.717, 1.165) is 72.5 Å². The summed E-state index contributed by atoms with van der Waals surface area (Å²) in [5, 5.41) is 5.35. The number of fused-ring (bicyclic) bond motifs is 1. The highest BCUT2D eigenvalue weighted by molar-refractivity contribution is 6.31. The Morgan fingerprint density at radius 3 is 2.65 bits per heavy atom. The van der Waals surface area contributed by atoms with E-state index in [4.69, 9.17) is 16.6 Å². The Kier molecular flexibility index (Phi) is 7.11. The van der Waals surface area contributed by atoms with E-state index in [-0.39, 0.29) is 0 Å². The summed E-state index contributed by atoms with van der Waals surface area (Å²) >= 11 is 6.07. The fourth-order valence-electron chi connectivity index (χ4n) is 3.79. The zero-order valence-corrected chi connectivity index (χ0v) is 18.6. The van der Waals surface area contributed by atoms with Crippen LogP contribution in [0.5, 0.6) is 0 Å². The quantitative estimate of drug-likeness (QED) is 0.312. The van der Waals surface area contributed by atoms with Gasteiger partial charge in [-0.15, -0.1) is 0 Å². The number of nitrogens with zero attached hydrogens (tertiary/aromatic N) is 3. The van der Waals surface area contributed by atoms with Gasteiger partial charge in [-0.2, -0.15) is 0 Å². The fourth-order valence-corrected chi connectivity index (χ4v) is 3.96.